The van der Waals surface area contributed by atoms with Gasteiger partial charge in [-0.15, -0.1) is 11.6 Å². The van der Waals surface area contributed by atoms with Crippen molar-refractivity contribution in [2.45, 2.75) is 13.5 Å². The van der Waals surface area contributed by atoms with Crippen molar-refractivity contribution in [3.63, 3.8) is 0 Å². The number of Topliss-reactive ketones (excluding diaryl/α,β-unsaturated/α-hetero) is 1. The maximum Gasteiger partial charge on any atom is 0.177 e. The Morgan fingerprint density at radius 1 is 1.29 bits per heavy atom. The molecule has 21 heavy (non-hydrogen) atoms. The van der Waals surface area contributed by atoms with E-state index in [4.69, 9.17) is 27.9 Å². The summed E-state index contributed by atoms with van der Waals surface area (Å²) >= 11 is 11.5. The Balaban J connectivity index is 2.16. The summed E-state index contributed by atoms with van der Waals surface area (Å²) in [6.07, 6.45) is 0. The van der Waals surface area contributed by atoms with E-state index < -0.39 is 5.82 Å². The fourth-order valence-electron chi connectivity index (χ4n) is 1.88. The van der Waals surface area contributed by atoms with E-state index in [1.165, 1.54) is 6.07 Å². The van der Waals surface area contributed by atoms with Gasteiger partial charge in [0.05, 0.1) is 10.9 Å². The topological polar surface area (TPSA) is 26.3 Å². The Kier molecular flexibility index (Phi) is 5.21. The van der Waals surface area contributed by atoms with Crippen LogP contribution in [-0.4, -0.2) is 11.7 Å². The van der Waals surface area contributed by atoms with Crippen molar-refractivity contribution in [1.82, 2.24) is 0 Å². The summed E-state index contributed by atoms with van der Waals surface area (Å²) in [5.41, 5.74) is 1.61. The molecule has 0 radical (unpaired) electrons. The van der Waals surface area contributed by atoms with Gasteiger partial charge in [0.25, 0.3) is 0 Å². The van der Waals surface area contributed by atoms with E-state index in [-0.39, 0.29) is 18.3 Å². The first kappa shape index (κ1) is 15.8. The van der Waals surface area contributed by atoms with Crippen LogP contribution in [0.2, 0.25) is 5.02 Å². The molecule has 2 aromatic carbocycles. The maximum atomic E-state index is 13.6. The number of hydrogen-bond acceptors (Lipinski definition) is 2. The minimum atomic E-state index is -0.408. The zero-order chi connectivity index (χ0) is 15.4. The van der Waals surface area contributed by atoms with Crippen molar-refractivity contribution >= 4 is 29.0 Å². The summed E-state index contributed by atoms with van der Waals surface area (Å²) in [6.45, 7) is 1.83. The molecule has 0 fully saturated rings. The third-order valence-corrected chi connectivity index (χ3v) is 3.65. The van der Waals surface area contributed by atoms with Gasteiger partial charge < -0.3 is 4.74 Å². The van der Waals surface area contributed by atoms with E-state index in [0.717, 1.165) is 5.56 Å². The van der Waals surface area contributed by atoms with E-state index in [0.29, 0.717) is 21.9 Å². The fraction of sp³-hybridized carbons (Fsp3) is 0.188. The highest BCUT2D eigenvalue weighted by molar-refractivity contribution is 6.31. The number of alkyl halides is 1. The van der Waals surface area contributed by atoms with Crippen LogP contribution in [0.15, 0.2) is 36.4 Å². The van der Waals surface area contributed by atoms with Gasteiger partial charge in [-0.1, -0.05) is 17.7 Å². The molecule has 0 amide bonds. The molecule has 110 valence electrons. The highest BCUT2D eigenvalue weighted by Gasteiger charge is 2.10. The molecular weight excluding hydrogens is 314 g/mol. The Hall–Kier alpha value is -1.58. The quantitative estimate of drug-likeness (QED) is 0.583. The predicted molar refractivity (Wildman–Crippen MR) is 82.0 cm³/mol. The third kappa shape index (κ3) is 3.74. The molecule has 2 nitrogen and oxygen atoms in total. The lowest BCUT2D eigenvalue weighted by Crippen LogP contribution is -2.03. The SMILES string of the molecule is Cc1cc(C(=O)CCl)ccc1OCc1c(F)cccc1Cl. The molecule has 0 N–H and O–H groups in total. The first-order chi connectivity index (χ1) is 10.0. The molecule has 0 saturated heterocycles. The normalized spacial score (nSPS) is 10.5. The molecule has 2 aromatic rings. The highest BCUT2D eigenvalue weighted by Crippen LogP contribution is 2.24. The van der Waals surface area contributed by atoms with Crippen LogP contribution in [0.25, 0.3) is 0 Å². The number of carbonyl (C=O) groups is 1. The second kappa shape index (κ2) is 6.92. The van der Waals surface area contributed by atoms with Crippen molar-refractivity contribution in [3.05, 3.63) is 63.9 Å². The molecule has 0 aromatic heterocycles. The van der Waals surface area contributed by atoms with Crippen molar-refractivity contribution in [1.29, 1.82) is 0 Å². The van der Waals surface area contributed by atoms with Gasteiger partial charge in [0.2, 0.25) is 0 Å². The molecule has 0 unspecified atom stereocenters. The van der Waals surface area contributed by atoms with Crippen LogP contribution in [0.1, 0.15) is 21.5 Å². The van der Waals surface area contributed by atoms with E-state index in [1.807, 2.05) is 6.92 Å². The van der Waals surface area contributed by atoms with E-state index >= 15 is 0 Å². The molecular formula is C16H13Cl2FO2. The summed E-state index contributed by atoms with van der Waals surface area (Å²) < 4.78 is 19.2. The van der Waals surface area contributed by atoms with E-state index in [1.54, 1.807) is 30.3 Å². The van der Waals surface area contributed by atoms with Crippen molar-refractivity contribution in [2.75, 3.05) is 5.88 Å². The number of carbonyl (C=O) groups excluding carboxylic acids is 1. The summed E-state index contributed by atoms with van der Waals surface area (Å²) in [5, 5.41) is 0.321. The number of ketones is 1. The third-order valence-electron chi connectivity index (χ3n) is 3.05. The first-order valence-corrected chi connectivity index (χ1v) is 7.19. The smallest absolute Gasteiger partial charge is 0.177 e. The second-order valence-electron chi connectivity index (χ2n) is 4.53. The monoisotopic (exact) mass is 326 g/mol. The average molecular weight is 327 g/mol. The zero-order valence-electron chi connectivity index (χ0n) is 11.3. The molecule has 0 atom stereocenters. The van der Waals surface area contributed by atoms with Gasteiger partial charge in [0.15, 0.2) is 5.78 Å². The molecule has 0 aliphatic heterocycles. The Morgan fingerprint density at radius 2 is 2.05 bits per heavy atom. The molecule has 0 bridgehead atoms. The average Bonchev–Trinajstić information content (AvgIpc) is 2.47. The van der Waals surface area contributed by atoms with Gasteiger partial charge in [-0.05, 0) is 42.8 Å². The van der Waals surface area contributed by atoms with Crippen LogP contribution < -0.4 is 4.74 Å². The number of rotatable bonds is 5. The van der Waals surface area contributed by atoms with Gasteiger partial charge in [-0.25, -0.2) is 4.39 Å². The van der Waals surface area contributed by atoms with E-state index in [9.17, 15) is 9.18 Å². The lowest BCUT2D eigenvalue weighted by Gasteiger charge is -2.11. The Morgan fingerprint density at radius 3 is 2.67 bits per heavy atom. The largest absolute Gasteiger partial charge is 0.488 e. The maximum absolute atomic E-state index is 13.6. The molecule has 0 spiro atoms. The number of ether oxygens (including phenoxy) is 1. The minimum absolute atomic E-state index is 0.0230. The van der Waals surface area contributed by atoms with Crippen LogP contribution >= 0.6 is 23.2 Å². The molecule has 5 heteroatoms. The van der Waals surface area contributed by atoms with Gasteiger partial charge in [0.1, 0.15) is 18.2 Å². The lowest BCUT2D eigenvalue weighted by atomic mass is 10.1. The number of hydrogen-bond donors (Lipinski definition) is 0. The van der Waals surface area contributed by atoms with Gasteiger partial charge >= 0.3 is 0 Å². The van der Waals surface area contributed by atoms with Crippen LogP contribution in [0.4, 0.5) is 4.39 Å². The fourth-order valence-corrected chi connectivity index (χ4v) is 2.25. The molecule has 0 saturated carbocycles. The van der Waals surface area contributed by atoms with Gasteiger partial charge in [-0.2, -0.15) is 0 Å². The molecule has 0 aliphatic carbocycles. The van der Waals surface area contributed by atoms with Crippen LogP contribution in [0, 0.1) is 12.7 Å². The van der Waals surface area contributed by atoms with Crippen molar-refractivity contribution in [3.8, 4) is 5.75 Å². The van der Waals surface area contributed by atoms with Gasteiger partial charge in [-0.3, -0.25) is 4.79 Å². The first-order valence-electron chi connectivity index (χ1n) is 6.28. The van der Waals surface area contributed by atoms with Crippen LogP contribution in [0.5, 0.6) is 5.75 Å². The zero-order valence-corrected chi connectivity index (χ0v) is 12.8. The number of benzene rings is 2. The molecule has 2 rings (SSSR count). The molecule has 0 aliphatic rings. The summed E-state index contributed by atoms with van der Waals surface area (Å²) in [4.78, 5) is 11.5. The highest BCUT2D eigenvalue weighted by atomic mass is 35.5. The van der Waals surface area contributed by atoms with Crippen molar-refractivity contribution in [2.24, 2.45) is 0 Å². The summed E-state index contributed by atoms with van der Waals surface area (Å²) in [7, 11) is 0. The Bertz CT molecular complexity index is 651. The Labute approximate surface area is 132 Å². The number of aryl methyl sites for hydroxylation is 1. The second-order valence-corrected chi connectivity index (χ2v) is 5.20. The lowest BCUT2D eigenvalue weighted by molar-refractivity contribution is 0.102. The number of halogens is 3. The van der Waals surface area contributed by atoms with Crippen LogP contribution in [0.3, 0.4) is 0 Å². The minimum Gasteiger partial charge on any atom is -0.488 e. The van der Waals surface area contributed by atoms with Crippen LogP contribution in [-0.2, 0) is 6.61 Å². The van der Waals surface area contributed by atoms with E-state index in [2.05, 4.69) is 0 Å². The van der Waals surface area contributed by atoms with Gasteiger partial charge in [0, 0.05) is 11.1 Å². The van der Waals surface area contributed by atoms with Crippen molar-refractivity contribution < 1.29 is 13.9 Å². The summed E-state index contributed by atoms with van der Waals surface area (Å²) in [6, 6.07) is 9.49. The molecule has 0 heterocycles. The summed E-state index contributed by atoms with van der Waals surface area (Å²) in [5.74, 6) is -0.0530. The predicted octanol–water partition coefficient (Wildman–Crippen LogP) is 4.79. The standard InChI is InChI=1S/C16H13Cl2FO2/c1-10-7-11(15(20)8-17)5-6-16(10)21-9-12-13(18)3-2-4-14(12)19/h2-7H,8-9H2,1H3.